The Morgan fingerprint density at radius 3 is 2.32 bits per heavy atom. The third-order valence-electron chi connectivity index (χ3n) is 3.14. The molecular weight excluding hydrogens is 268 g/mol. The van der Waals surface area contributed by atoms with E-state index in [2.05, 4.69) is 4.74 Å². The molecule has 0 rings (SSSR count). The molecule has 7 heteroatoms. The molecule has 1 unspecified atom stereocenters. The first-order chi connectivity index (χ1) is 8.79. The van der Waals surface area contributed by atoms with E-state index < -0.39 is 16.2 Å². The van der Waals surface area contributed by atoms with Crippen LogP contribution in [0.4, 0.5) is 0 Å². The number of carbonyl (C=O) groups is 1. The van der Waals surface area contributed by atoms with Gasteiger partial charge in [-0.3, -0.25) is 4.79 Å². The molecule has 0 aromatic rings. The molecule has 0 N–H and O–H groups in total. The van der Waals surface area contributed by atoms with E-state index in [4.69, 9.17) is 0 Å². The summed E-state index contributed by atoms with van der Waals surface area (Å²) in [4.78, 5) is 11.0. The summed E-state index contributed by atoms with van der Waals surface area (Å²) in [6.07, 6.45) is 0.991. The number of ether oxygens (including phenoxy) is 1. The van der Waals surface area contributed by atoms with Crippen molar-refractivity contribution in [3.8, 4) is 0 Å². The first-order valence-corrected chi connectivity index (χ1v) is 7.97. The van der Waals surface area contributed by atoms with E-state index in [9.17, 15) is 13.2 Å². The Morgan fingerprint density at radius 1 is 1.32 bits per heavy atom. The first-order valence-electron chi connectivity index (χ1n) is 6.57. The van der Waals surface area contributed by atoms with Gasteiger partial charge in [-0.1, -0.05) is 27.2 Å². The van der Waals surface area contributed by atoms with Crippen molar-refractivity contribution in [3.05, 3.63) is 0 Å². The molecule has 0 fully saturated rings. The normalized spacial score (nSPS) is 13.8. The maximum absolute atomic E-state index is 12.3. The summed E-state index contributed by atoms with van der Waals surface area (Å²) < 4.78 is 31.8. The SMILES string of the molecule is CCC(C)CN(CC)S(=O)(=O)N(C)CCC(=O)OC. The van der Waals surface area contributed by atoms with Crippen molar-refractivity contribution in [1.82, 2.24) is 8.61 Å². The topological polar surface area (TPSA) is 66.9 Å². The van der Waals surface area contributed by atoms with Gasteiger partial charge in [-0.05, 0) is 5.92 Å². The Morgan fingerprint density at radius 2 is 1.89 bits per heavy atom. The molecule has 0 aromatic heterocycles. The second-order valence-electron chi connectivity index (χ2n) is 4.62. The highest BCUT2D eigenvalue weighted by molar-refractivity contribution is 7.86. The lowest BCUT2D eigenvalue weighted by molar-refractivity contribution is -0.140. The van der Waals surface area contributed by atoms with Gasteiger partial charge in [0.1, 0.15) is 0 Å². The molecule has 0 radical (unpaired) electrons. The fraction of sp³-hybridized carbons (Fsp3) is 0.917. The number of hydrogen-bond acceptors (Lipinski definition) is 4. The van der Waals surface area contributed by atoms with Crippen molar-refractivity contribution in [1.29, 1.82) is 0 Å². The largest absolute Gasteiger partial charge is 0.469 e. The predicted octanol–water partition coefficient (Wildman–Crippen LogP) is 1.09. The molecule has 0 spiro atoms. The standard InChI is InChI=1S/C12H26N2O4S/c1-6-11(3)10-14(7-2)19(16,17)13(4)9-8-12(15)18-5/h11H,6-10H2,1-5H3. The average molecular weight is 294 g/mol. The Kier molecular flexibility index (Phi) is 8.20. The molecule has 0 saturated carbocycles. The van der Waals surface area contributed by atoms with E-state index in [1.54, 1.807) is 0 Å². The highest BCUT2D eigenvalue weighted by atomic mass is 32.2. The van der Waals surface area contributed by atoms with Crippen molar-refractivity contribution in [2.24, 2.45) is 5.92 Å². The molecule has 0 bridgehead atoms. The highest BCUT2D eigenvalue weighted by Gasteiger charge is 2.26. The zero-order valence-corrected chi connectivity index (χ0v) is 13.4. The summed E-state index contributed by atoms with van der Waals surface area (Å²) >= 11 is 0. The summed E-state index contributed by atoms with van der Waals surface area (Å²) in [5.41, 5.74) is 0. The van der Waals surface area contributed by atoms with Crippen LogP contribution in [0, 0.1) is 5.92 Å². The van der Waals surface area contributed by atoms with Gasteiger partial charge in [0.05, 0.1) is 13.5 Å². The van der Waals surface area contributed by atoms with E-state index >= 15 is 0 Å². The molecule has 0 aliphatic carbocycles. The van der Waals surface area contributed by atoms with Crippen LogP contribution in [0.2, 0.25) is 0 Å². The molecule has 0 amide bonds. The van der Waals surface area contributed by atoms with Crippen LogP contribution < -0.4 is 0 Å². The summed E-state index contributed by atoms with van der Waals surface area (Å²) in [5, 5.41) is 0. The van der Waals surface area contributed by atoms with Gasteiger partial charge in [0, 0.05) is 26.7 Å². The summed E-state index contributed by atoms with van der Waals surface area (Å²) in [7, 11) is -0.728. The second-order valence-corrected chi connectivity index (χ2v) is 6.65. The van der Waals surface area contributed by atoms with Gasteiger partial charge in [-0.2, -0.15) is 17.0 Å². The molecule has 0 aliphatic rings. The minimum absolute atomic E-state index is 0.0626. The Bertz CT molecular complexity index is 370. The number of methoxy groups -OCH3 is 1. The van der Waals surface area contributed by atoms with Crippen molar-refractivity contribution < 1.29 is 17.9 Å². The van der Waals surface area contributed by atoms with Crippen LogP contribution in [0.25, 0.3) is 0 Å². The molecule has 0 aromatic carbocycles. The number of nitrogens with zero attached hydrogens (tertiary/aromatic N) is 2. The molecule has 0 saturated heterocycles. The quantitative estimate of drug-likeness (QED) is 0.597. The lowest BCUT2D eigenvalue weighted by Crippen LogP contribution is -2.44. The van der Waals surface area contributed by atoms with Crippen molar-refractivity contribution in [2.45, 2.75) is 33.6 Å². The fourth-order valence-corrected chi connectivity index (χ4v) is 3.01. The Balaban J connectivity index is 4.67. The van der Waals surface area contributed by atoms with Crippen LogP contribution in [0.15, 0.2) is 0 Å². The predicted molar refractivity (Wildman–Crippen MR) is 74.9 cm³/mol. The average Bonchev–Trinajstić information content (AvgIpc) is 2.40. The van der Waals surface area contributed by atoms with E-state index in [-0.39, 0.29) is 13.0 Å². The van der Waals surface area contributed by atoms with E-state index in [0.29, 0.717) is 19.0 Å². The van der Waals surface area contributed by atoms with Crippen LogP contribution in [-0.4, -0.2) is 56.8 Å². The lowest BCUT2D eigenvalue weighted by Gasteiger charge is -2.28. The maximum atomic E-state index is 12.3. The van der Waals surface area contributed by atoms with E-state index in [1.165, 1.54) is 22.8 Å². The van der Waals surface area contributed by atoms with Crippen LogP contribution in [-0.2, 0) is 19.7 Å². The third-order valence-corrected chi connectivity index (χ3v) is 5.17. The van der Waals surface area contributed by atoms with Gasteiger partial charge in [-0.25, -0.2) is 0 Å². The maximum Gasteiger partial charge on any atom is 0.306 e. The molecule has 114 valence electrons. The Hall–Kier alpha value is -0.660. The lowest BCUT2D eigenvalue weighted by atomic mass is 10.1. The zero-order valence-electron chi connectivity index (χ0n) is 12.5. The van der Waals surface area contributed by atoms with Gasteiger partial charge >= 0.3 is 5.97 Å². The van der Waals surface area contributed by atoms with Crippen LogP contribution >= 0.6 is 0 Å². The first kappa shape index (κ1) is 18.3. The monoisotopic (exact) mass is 294 g/mol. The van der Waals surface area contributed by atoms with Gasteiger partial charge < -0.3 is 4.74 Å². The molecule has 0 aliphatic heterocycles. The number of rotatable bonds is 9. The molecular formula is C12H26N2O4S. The second kappa shape index (κ2) is 8.50. The highest BCUT2D eigenvalue weighted by Crippen LogP contribution is 2.12. The fourth-order valence-electron chi connectivity index (χ4n) is 1.53. The van der Waals surface area contributed by atoms with Crippen LogP contribution in [0.5, 0.6) is 0 Å². The molecule has 0 heterocycles. The molecule has 6 nitrogen and oxygen atoms in total. The van der Waals surface area contributed by atoms with Gasteiger partial charge in [0.15, 0.2) is 0 Å². The number of esters is 1. The van der Waals surface area contributed by atoms with Crippen molar-refractivity contribution in [3.63, 3.8) is 0 Å². The summed E-state index contributed by atoms with van der Waals surface area (Å²) in [5.74, 6) is -0.101. The van der Waals surface area contributed by atoms with Gasteiger partial charge in [0.2, 0.25) is 0 Å². The van der Waals surface area contributed by atoms with Gasteiger partial charge in [-0.15, -0.1) is 0 Å². The van der Waals surface area contributed by atoms with Crippen molar-refractivity contribution >= 4 is 16.2 Å². The minimum atomic E-state index is -3.50. The molecule has 19 heavy (non-hydrogen) atoms. The third kappa shape index (κ3) is 5.88. The van der Waals surface area contributed by atoms with Crippen LogP contribution in [0.3, 0.4) is 0 Å². The summed E-state index contributed by atoms with van der Waals surface area (Å²) in [6.45, 7) is 6.92. The smallest absolute Gasteiger partial charge is 0.306 e. The number of carbonyl (C=O) groups excluding carboxylic acids is 1. The van der Waals surface area contributed by atoms with E-state index in [1.807, 2.05) is 20.8 Å². The molecule has 1 atom stereocenters. The summed E-state index contributed by atoms with van der Waals surface area (Å²) in [6, 6.07) is 0. The van der Waals surface area contributed by atoms with E-state index in [0.717, 1.165) is 6.42 Å². The van der Waals surface area contributed by atoms with Crippen molar-refractivity contribution in [2.75, 3.05) is 33.8 Å². The Labute approximate surface area is 116 Å². The zero-order chi connectivity index (χ0) is 15.1. The minimum Gasteiger partial charge on any atom is -0.469 e. The van der Waals surface area contributed by atoms with Crippen LogP contribution in [0.1, 0.15) is 33.6 Å². The van der Waals surface area contributed by atoms with Gasteiger partial charge in [0.25, 0.3) is 10.2 Å². The number of hydrogen-bond donors (Lipinski definition) is 0.